The molecule has 0 spiro atoms. The molecule has 0 aromatic heterocycles. The van der Waals surface area contributed by atoms with Gasteiger partial charge < -0.3 is 5.11 Å². The first-order valence-electron chi connectivity index (χ1n) is 7.36. The van der Waals surface area contributed by atoms with Crippen molar-refractivity contribution in [2.75, 3.05) is 6.54 Å². The monoisotopic (exact) mass is 270 g/mol. The molecule has 1 aliphatic rings. The zero-order chi connectivity index (χ0) is 14.8. The molecule has 2 unspecified atom stereocenters. The quantitative estimate of drug-likeness (QED) is 0.778. The maximum Gasteiger partial charge on any atom is 0.323 e. The highest BCUT2D eigenvalue weighted by Gasteiger charge is 2.41. The summed E-state index contributed by atoms with van der Waals surface area (Å²) in [6.45, 7) is 13.5. The molecule has 1 rings (SSSR count). The van der Waals surface area contributed by atoms with Crippen molar-refractivity contribution < 1.29 is 9.90 Å². The summed E-state index contributed by atoms with van der Waals surface area (Å²) in [5.74, 6) is -0.759. The van der Waals surface area contributed by atoms with Crippen molar-refractivity contribution in [2.45, 2.75) is 84.0 Å². The van der Waals surface area contributed by atoms with E-state index in [9.17, 15) is 9.90 Å². The molecule has 2 N–H and O–H groups in total. The first kappa shape index (κ1) is 16.4. The van der Waals surface area contributed by atoms with Crippen LogP contribution in [0.25, 0.3) is 0 Å². The molecule has 0 aromatic carbocycles. The third-order valence-corrected chi connectivity index (χ3v) is 4.28. The van der Waals surface area contributed by atoms with E-state index in [1.165, 1.54) is 12.8 Å². The van der Waals surface area contributed by atoms with Crippen molar-refractivity contribution in [1.82, 2.24) is 10.2 Å². The maximum atomic E-state index is 11.6. The minimum absolute atomic E-state index is 0.167. The summed E-state index contributed by atoms with van der Waals surface area (Å²) in [6.07, 6.45) is 3.03. The van der Waals surface area contributed by atoms with E-state index >= 15 is 0 Å². The summed E-state index contributed by atoms with van der Waals surface area (Å²) < 4.78 is 0. The van der Waals surface area contributed by atoms with Crippen LogP contribution in [0.1, 0.15) is 60.8 Å². The van der Waals surface area contributed by atoms with E-state index in [0.717, 1.165) is 6.54 Å². The van der Waals surface area contributed by atoms with Gasteiger partial charge in [0, 0.05) is 17.6 Å². The molecule has 0 amide bonds. The zero-order valence-corrected chi connectivity index (χ0v) is 13.3. The van der Waals surface area contributed by atoms with Crippen LogP contribution in [-0.4, -0.2) is 45.7 Å². The Balaban J connectivity index is 2.77. The Labute approximate surface area is 117 Å². The summed E-state index contributed by atoms with van der Waals surface area (Å²) >= 11 is 0. The van der Waals surface area contributed by atoms with Crippen molar-refractivity contribution in [3.63, 3.8) is 0 Å². The number of hydrogen-bond acceptors (Lipinski definition) is 3. The van der Waals surface area contributed by atoms with Gasteiger partial charge in [0.05, 0.1) is 0 Å². The smallest absolute Gasteiger partial charge is 0.323 e. The topological polar surface area (TPSA) is 52.6 Å². The lowest BCUT2D eigenvalue weighted by molar-refractivity contribution is -0.145. The van der Waals surface area contributed by atoms with Crippen LogP contribution in [0.2, 0.25) is 0 Å². The Bertz CT molecular complexity index is 328. The van der Waals surface area contributed by atoms with Gasteiger partial charge in [0.2, 0.25) is 0 Å². The average Bonchev–Trinajstić information content (AvgIpc) is 2.56. The van der Waals surface area contributed by atoms with Crippen molar-refractivity contribution in [3.05, 3.63) is 0 Å². The molecule has 0 aliphatic carbocycles. The van der Waals surface area contributed by atoms with Gasteiger partial charge in [0.25, 0.3) is 0 Å². The van der Waals surface area contributed by atoms with Crippen LogP contribution in [0, 0.1) is 0 Å². The Morgan fingerprint density at radius 1 is 1.42 bits per heavy atom. The highest BCUT2D eigenvalue weighted by Crippen LogP contribution is 2.32. The van der Waals surface area contributed by atoms with Crippen LogP contribution in [0.4, 0.5) is 0 Å². The lowest BCUT2D eigenvalue weighted by atomic mass is 9.90. The second kappa shape index (κ2) is 5.80. The number of carboxylic acids is 1. The number of rotatable bonds is 6. The molecule has 1 aliphatic heterocycles. The number of aliphatic carboxylic acids is 1. The van der Waals surface area contributed by atoms with E-state index in [4.69, 9.17) is 0 Å². The summed E-state index contributed by atoms with van der Waals surface area (Å²) in [5.41, 5.74) is -0.664. The van der Waals surface area contributed by atoms with Gasteiger partial charge in [-0.05, 0) is 67.3 Å². The van der Waals surface area contributed by atoms with Crippen molar-refractivity contribution in [1.29, 1.82) is 0 Å². The van der Waals surface area contributed by atoms with Gasteiger partial charge in [-0.1, -0.05) is 0 Å². The van der Waals surface area contributed by atoms with Gasteiger partial charge in [-0.3, -0.25) is 15.0 Å². The predicted octanol–water partition coefficient (Wildman–Crippen LogP) is 2.48. The molecule has 2 atom stereocenters. The van der Waals surface area contributed by atoms with Crippen LogP contribution < -0.4 is 5.32 Å². The molecule has 4 heteroatoms. The predicted molar refractivity (Wildman–Crippen MR) is 78.4 cm³/mol. The Morgan fingerprint density at radius 3 is 2.37 bits per heavy atom. The summed E-state index contributed by atoms with van der Waals surface area (Å²) in [7, 11) is 0. The maximum absolute atomic E-state index is 11.6. The van der Waals surface area contributed by atoms with Gasteiger partial charge in [-0.2, -0.15) is 0 Å². The number of nitrogens with one attached hydrogen (secondary N) is 1. The molecule has 0 bridgehead atoms. The van der Waals surface area contributed by atoms with Crippen molar-refractivity contribution >= 4 is 5.97 Å². The molecule has 112 valence electrons. The van der Waals surface area contributed by atoms with E-state index < -0.39 is 11.5 Å². The second-order valence-electron chi connectivity index (χ2n) is 7.10. The zero-order valence-electron chi connectivity index (χ0n) is 13.3. The van der Waals surface area contributed by atoms with Crippen LogP contribution in [0.15, 0.2) is 0 Å². The normalized spacial score (nSPS) is 24.4. The van der Waals surface area contributed by atoms with E-state index in [-0.39, 0.29) is 17.6 Å². The molecule has 4 nitrogen and oxygen atoms in total. The molecule has 1 heterocycles. The first-order chi connectivity index (χ1) is 8.58. The molecular weight excluding hydrogens is 240 g/mol. The van der Waals surface area contributed by atoms with Crippen molar-refractivity contribution in [2.24, 2.45) is 0 Å². The van der Waals surface area contributed by atoms with E-state index in [2.05, 4.69) is 31.0 Å². The first-order valence-corrected chi connectivity index (χ1v) is 7.36. The Kier molecular flexibility index (Phi) is 5.02. The van der Waals surface area contributed by atoms with Gasteiger partial charge in [0.1, 0.15) is 5.54 Å². The molecule has 19 heavy (non-hydrogen) atoms. The summed E-state index contributed by atoms with van der Waals surface area (Å²) in [4.78, 5) is 14.0. The lowest BCUT2D eigenvalue weighted by Crippen LogP contribution is -2.57. The standard InChI is InChI=1S/C15H30N2O2/c1-11(2)16-15(6,13(18)19)10-12(3)17-9-7-8-14(17,4)5/h11-12,16H,7-10H2,1-6H3,(H,18,19). The molecule has 1 fully saturated rings. The largest absolute Gasteiger partial charge is 0.480 e. The van der Waals surface area contributed by atoms with Crippen LogP contribution >= 0.6 is 0 Å². The molecule has 0 radical (unpaired) electrons. The van der Waals surface area contributed by atoms with E-state index in [1.54, 1.807) is 6.92 Å². The summed E-state index contributed by atoms with van der Waals surface area (Å²) in [5, 5.41) is 12.7. The van der Waals surface area contributed by atoms with Crippen LogP contribution in [-0.2, 0) is 4.79 Å². The lowest BCUT2D eigenvalue weighted by Gasteiger charge is -2.40. The molecule has 1 saturated heterocycles. The second-order valence-corrected chi connectivity index (χ2v) is 7.10. The number of likely N-dealkylation sites (tertiary alicyclic amines) is 1. The number of carbonyl (C=O) groups is 1. The van der Waals surface area contributed by atoms with Crippen molar-refractivity contribution in [3.8, 4) is 0 Å². The minimum atomic E-state index is -0.855. The number of carboxylic acid groups (broad SMARTS) is 1. The fourth-order valence-electron chi connectivity index (χ4n) is 3.49. The highest BCUT2D eigenvalue weighted by atomic mass is 16.4. The third kappa shape index (κ3) is 3.93. The minimum Gasteiger partial charge on any atom is -0.480 e. The Hall–Kier alpha value is -0.610. The van der Waals surface area contributed by atoms with Crippen LogP contribution in [0.5, 0.6) is 0 Å². The Morgan fingerprint density at radius 2 is 2.00 bits per heavy atom. The number of nitrogens with zero attached hydrogens (tertiary/aromatic N) is 1. The average molecular weight is 270 g/mol. The molecular formula is C15H30N2O2. The SMILES string of the molecule is CC(C)NC(C)(CC(C)N1CCCC1(C)C)C(=O)O. The van der Waals surface area contributed by atoms with Gasteiger partial charge in [-0.15, -0.1) is 0 Å². The van der Waals surface area contributed by atoms with Crippen LogP contribution in [0.3, 0.4) is 0 Å². The fraction of sp³-hybridized carbons (Fsp3) is 0.933. The summed E-state index contributed by atoms with van der Waals surface area (Å²) in [6, 6.07) is 0.435. The fourth-order valence-corrected chi connectivity index (χ4v) is 3.49. The van der Waals surface area contributed by atoms with Gasteiger partial charge in [-0.25, -0.2) is 0 Å². The van der Waals surface area contributed by atoms with Gasteiger partial charge in [0.15, 0.2) is 0 Å². The third-order valence-electron chi connectivity index (χ3n) is 4.28. The molecule has 0 saturated carbocycles. The molecule has 0 aromatic rings. The highest BCUT2D eigenvalue weighted by molar-refractivity contribution is 5.78. The van der Waals surface area contributed by atoms with E-state index in [0.29, 0.717) is 6.42 Å². The van der Waals surface area contributed by atoms with E-state index in [1.807, 2.05) is 13.8 Å². The number of hydrogen-bond donors (Lipinski definition) is 2. The van der Waals surface area contributed by atoms with Gasteiger partial charge >= 0.3 is 5.97 Å².